The molecule has 0 fully saturated rings. The first-order valence-corrected chi connectivity index (χ1v) is 27.6. The number of nitrogen functional groups attached to an aromatic ring is 2. The predicted octanol–water partition coefficient (Wildman–Crippen LogP) is 16.9. The number of aryl methyl sites for hydroxylation is 4. The van der Waals surface area contributed by atoms with Gasteiger partial charge in [-0.15, -0.1) is 0 Å². The maximum atomic E-state index is 11.6. The maximum absolute atomic E-state index is 11.6. The Kier molecular flexibility index (Phi) is 24.6. The summed E-state index contributed by atoms with van der Waals surface area (Å²) in [5, 5.41) is 33.5. The minimum atomic E-state index is -0.614. The summed E-state index contributed by atoms with van der Waals surface area (Å²) in [6.07, 6.45) is 2.56. The molecule has 0 aliphatic heterocycles. The van der Waals surface area contributed by atoms with E-state index in [1.54, 1.807) is 66.1 Å². The van der Waals surface area contributed by atoms with Gasteiger partial charge < -0.3 is 25.3 Å². The van der Waals surface area contributed by atoms with Crippen LogP contribution < -0.4 is 16.9 Å². The van der Waals surface area contributed by atoms with Gasteiger partial charge in [-0.05, 0) is 102 Å². The van der Waals surface area contributed by atoms with Crippen molar-refractivity contribution in [3.05, 3.63) is 225 Å². The highest BCUT2D eigenvalue weighted by molar-refractivity contribution is 6.44. The number of ether oxygens (including phenoxy) is 1. The smallest absolute Gasteiger partial charge is 0.337 e. The molecule has 2 aromatic heterocycles. The normalized spacial score (nSPS) is 10.5. The van der Waals surface area contributed by atoms with Gasteiger partial charge in [-0.3, -0.25) is 30.2 Å². The molecule has 0 radical (unpaired) electrons. The van der Waals surface area contributed by atoms with Gasteiger partial charge in [0.2, 0.25) is 0 Å². The Morgan fingerprint density at radius 3 is 1.37 bits per heavy atom. The number of rotatable bonds is 10. The van der Waals surface area contributed by atoms with Gasteiger partial charge in [0.1, 0.15) is 17.3 Å². The molecular formula is C55H47Cl10N9O8. The molecule has 0 bridgehead atoms. The van der Waals surface area contributed by atoms with Crippen molar-refractivity contribution in [1.29, 1.82) is 0 Å². The van der Waals surface area contributed by atoms with Crippen LogP contribution in [0.15, 0.2) is 109 Å². The number of hydrogen-bond acceptors (Lipinski definition) is 12. The SMILES string of the molecule is CCc1cc(Cl)c(Cl)cc1N.CCc1cc(Cl)c(Cl)cc1[N+](=O)[O-].COC(=O)c1cccc(Cc2nc3cc(Cl)c(Cl)cc3n2C)c1.Cn1c(Cc2cccc(C(=O)NO)c2)nc2cc(Cl)c(Cl)cc21.Nc1cc(Cl)c(Cl)cc1[N+](=O)[O-]. The Morgan fingerprint density at radius 2 is 0.927 bits per heavy atom. The summed E-state index contributed by atoms with van der Waals surface area (Å²) in [4.78, 5) is 52.1. The molecule has 6 N–H and O–H groups in total. The molecule has 27 heteroatoms. The van der Waals surface area contributed by atoms with Crippen molar-refractivity contribution >= 4 is 173 Å². The largest absolute Gasteiger partial charge is 0.465 e. The lowest BCUT2D eigenvalue weighted by Gasteiger charge is -2.05. The van der Waals surface area contributed by atoms with E-state index in [1.165, 1.54) is 25.3 Å². The van der Waals surface area contributed by atoms with Crippen LogP contribution >= 0.6 is 116 Å². The average molecular weight is 1320 g/mol. The Balaban J connectivity index is 0.000000195. The Labute approximate surface area is 519 Å². The lowest BCUT2D eigenvalue weighted by Crippen LogP contribution is -2.18. The van der Waals surface area contributed by atoms with E-state index in [2.05, 4.69) is 9.97 Å². The Bertz CT molecular complexity index is 3710. The summed E-state index contributed by atoms with van der Waals surface area (Å²) in [5.41, 5.74) is 20.9. The minimum Gasteiger partial charge on any atom is -0.465 e. The van der Waals surface area contributed by atoms with Crippen LogP contribution in [-0.2, 0) is 44.5 Å². The number of hydrogen-bond donors (Lipinski definition) is 4. The van der Waals surface area contributed by atoms with Crippen LogP contribution in [0.25, 0.3) is 22.1 Å². The molecule has 9 rings (SSSR count). The topological polar surface area (TPSA) is 250 Å². The first-order valence-electron chi connectivity index (χ1n) is 23.8. The number of hydroxylamine groups is 1. The van der Waals surface area contributed by atoms with Crippen LogP contribution in [0.5, 0.6) is 0 Å². The van der Waals surface area contributed by atoms with E-state index in [4.69, 9.17) is 137 Å². The summed E-state index contributed by atoms with van der Waals surface area (Å²) in [6, 6.07) is 30.1. The predicted molar refractivity (Wildman–Crippen MR) is 331 cm³/mol. The number of methoxy groups -OCH3 is 1. The third-order valence-corrected chi connectivity index (χ3v) is 15.5. The molecule has 1 amide bonds. The number of fused-ring (bicyclic) bond motifs is 2. The van der Waals surface area contributed by atoms with Crippen molar-refractivity contribution in [3.8, 4) is 0 Å². The average Bonchev–Trinajstić information content (AvgIpc) is 3.94. The summed E-state index contributed by atoms with van der Waals surface area (Å²) in [5.74, 6) is 0.783. The van der Waals surface area contributed by atoms with Gasteiger partial charge in [0.05, 0.1) is 94.8 Å². The van der Waals surface area contributed by atoms with E-state index in [1.807, 2.05) is 61.3 Å². The monoisotopic (exact) mass is 1310 g/mol. The van der Waals surface area contributed by atoms with Gasteiger partial charge >= 0.3 is 5.97 Å². The van der Waals surface area contributed by atoms with E-state index in [0.29, 0.717) is 76.8 Å². The summed E-state index contributed by atoms with van der Waals surface area (Å²) in [6.45, 7) is 3.85. The van der Waals surface area contributed by atoms with Crippen LogP contribution in [0.4, 0.5) is 22.7 Å². The summed E-state index contributed by atoms with van der Waals surface area (Å²) >= 11 is 58.2. The number of nitro groups is 2. The highest BCUT2D eigenvalue weighted by Crippen LogP contribution is 2.34. The van der Waals surface area contributed by atoms with Crippen molar-refractivity contribution in [2.75, 3.05) is 18.6 Å². The highest BCUT2D eigenvalue weighted by Gasteiger charge is 2.18. The second-order valence-electron chi connectivity index (χ2n) is 17.3. The molecule has 0 unspecified atom stereocenters. The molecule has 82 heavy (non-hydrogen) atoms. The fraction of sp³-hybridized carbons (Fsp3) is 0.164. The molecule has 7 aromatic carbocycles. The van der Waals surface area contributed by atoms with Crippen LogP contribution in [0.2, 0.25) is 50.2 Å². The Morgan fingerprint density at radius 1 is 0.549 bits per heavy atom. The highest BCUT2D eigenvalue weighted by atomic mass is 35.5. The van der Waals surface area contributed by atoms with Gasteiger partial charge in [-0.25, -0.2) is 20.2 Å². The number of halogens is 10. The fourth-order valence-electron chi connectivity index (χ4n) is 7.62. The zero-order valence-corrected chi connectivity index (χ0v) is 51.2. The van der Waals surface area contributed by atoms with Gasteiger partial charge in [0.25, 0.3) is 17.3 Å². The van der Waals surface area contributed by atoms with E-state index < -0.39 is 15.8 Å². The number of aromatic nitrogens is 4. The first kappa shape index (κ1) is 66.5. The van der Waals surface area contributed by atoms with Gasteiger partial charge in [0.15, 0.2) is 0 Å². The number of nitrogens with one attached hydrogen (secondary N) is 1. The fourth-order valence-corrected chi connectivity index (χ4v) is 9.28. The van der Waals surface area contributed by atoms with Crippen molar-refractivity contribution in [1.82, 2.24) is 24.6 Å². The van der Waals surface area contributed by atoms with Crippen LogP contribution in [-0.4, -0.2) is 53.1 Å². The number of esters is 1. The van der Waals surface area contributed by atoms with Crippen molar-refractivity contribution in [3.63, 3.8) is 0 Å². The second kappa shape index (κ2) is 30.3. The first-order chi connectivity index (χ1) is 38.7. The quantitative estimate of drug-likeness (QED) is 0.0328. The zero-order valence-electron chi connectivity index (χ0n) is 43.6. The lowest BCUT2D eigenvalue weighted by atomic mass is 10.1. The molecule has 0 spiro atoms. The molecular weight excluding hydrogens is 1270 g/mol. The third kappa shape index (κ3) is 17.4. The molecule has 0 aliphatic carbocycles. The number of carbonyl (C=O) groups excluding carboxylic acids is 2. The Hall–Kier alpha value is -6.32. The maximum Gasteiger partial charge on any atom is 0.337 e. The molecule has 430 valence electrons. The standard InChI is InChI=1S/C17H14Cl2N2O2.C16H13Cl2N3O2.C8H7Cl2NO2.C8H9Cl2N.C6H4Cl2N2O2/c1-21-15-9-13(19)12(18)8-14(15)20-16(21)7-10-4-3-5-11(6-10)17(22)23-2;1-21-14-8-12(18)11(17)7-13(14)19-15(21)6-9-3-2-4-10(5-9)16(22)20-23;1-2-5-3-6(9)7(10)4-8(5)11(12)13;1-2-5-3-6(9)7(10)4-8(5)11;7-3-1-5(9)6(10(11)12)2-4(3)8/h3-6,8-9H,7H2,1-2H3;2-5,7-8,23H,6H2,1H3,(H,20,22);3-4H,2H2,1H3;3-4H,2,11H2,1H3;1-2H,9H2. The number of nitro benzene ring substituents is 2. The zero-order chi connectivity index (χ0) is 60.9. The van der Waals surface area contributed by atoms with Crippen molar-refractivity contribution in [2.24, 2.45) is 14.1 Å². The van der Waals surface area contributed by atoms with Crippen LogP contribution in [0.3, 0.4) is 0 Å². The van der Waals surface area contributed by atoms with Gasteiger partial charge in [-0.1, -0.05) is 154 Å². The number of amides is 1. The van der Waals surface area contributed by atoms with E-state index in [0.717, 1.165) is 62.9 Å². The number of nitrogens with zero attached hydrogens (tertiary/aromatic N) is 6. The molecule has 9 aromatic rings. The number of benzene rings is 7. The number of imidazole rings is 2. The van der Waals surface area contributed by atoms with Crippen molar-refractivity contribution in [2.45, 2.75) is 39.5 Å². The lowest BCUT2D eigenvalue weighted by molar-refractivity contribution is -0.385. The van der Waals surface area contributed by atoms with Gasteiger partial charge in [-0.2, -0.15) is 0 Å². The summed E-state index contributed by atoms with van der Waals surface area (Å²) < 4.78 is 8.67. The van der Waals surface area contributed by atoms with Crippen molar-refractivity contribution < 1.29 is 29.4 Å². The third-order valence-electron chi connectivity index (χ3n) is 11.9. The molecule has 2 heterocycles. The van der Waals surface area contributed by atoms with E-state index in [-0.39, 0.29) is 38.1 Å². The number of carbonyl (C=O) groups is 2. The van der Waals surface area contributed by atoms with Crippen LogP contribution in [0.1, 0.15) is 68.5 Å². The van der Waals surface area contributed by atoms with E-state index in [9.17, 15) is 29.8 Å². The van der Waals surface area contributed by atoms with Crippen LogP contribution in [0, 0.1) is 20.2 Å². The second-order valence-corrected chi connectivity index (χ2v) is 21.3. The molecule has 0 saturated carbocycles. The summed E-state index contributed by atoms with van der Waals surface area (Å²) in [7, 11) is 5.20. The number of anilines is 2. The number of nitrogens with two attached hydrogens (primary N) is 2. The molecule has 17 nitrogen and oxygen atoms in total. The molecule has 0 atom stereocenters. The van der Waals surface area contributed by atoms with Gasteiger partial charge in [0, 0.05) is 55.9 Å². The minimum absolute atomic E-state index is 0.00870. The van der Waals surface area contributed by atoms with E-state index >= 15 is 0 Å². The molecule has 0 aliphatic rings. The molecule has 0 saturated heterocycles.